The Morgan fingerprint density at radius 1 is 1.10 bits per heavy atom. The van der Waals surface area contributed by atoms with Crippen molar-refractivity contribution in [1.82, 2.24) is 4.90 Å². The quantitative estimate of drug-likeness (QED) is 0.904. The minimum absolute atomic E-state index is 0.00700. The van der Waals surface area contributed by atoms with Crippen molar-refractivity contribution < 1.29 is 15.0 Å². The van der Waals surface area contributed by atoms with Crippen LogP contribution in [0.25, 0.3) is 0 Å². The number of carboxylic acid groups (broad SMARTS) is 1. The molecule has 0 amide bonds. The molecule has 4 nitrogen and oxygen atoms in total. The predicted molar refractivity (Wildman–Crippen MR) is 78.4 cm³/mol. The highest BCUT2D eigenvalue weighted by Crippen LogP contribution is 2.32. The second-order valence-electron chi connectivity index (χ2n) is 5.32. The monoisotopic (exact) mass is 283 g/mol. The van der Waals surface area contributed by atoms with E-state index in [1.165, 1.54) is 0 Å². The number of carboxylic acids is 1. The van der Waals surface area contributed by atoms with Gasteiger partial charge in [-0.25, -0.2) is 0 Å². The summed E-state index contributed by atoms with van der Waals surface area (Å²) in [6.07, 6.45) is -0.619. The number of aliphatic hydroxyl groups is 1. The van der Waals surface area contributed by atoms with E-state index in [1.54, 1.807) is 0 Å². The molecule has 108 valence electrons. The molecule has 1 aliphatic rings. The van der Waals surface area contributed by atoms with Crippen molar-refractivity contribution in [2.24, 2.45) is 0 Å². The fraction of sp³-hybridized carbons (Fsp3) is 0.235. The van der Waals surface area contributed by atoms with Crippen molar-refractivity contribution in [2.45, 2.75) is 25.7 Å². The zero-order chi connectivity index (χ0) is 14.8. The lowest BCUT2D eigenvalue weighted by Gasteiger charge is -2.21. The normalized spacial score (nSPS) is 17.7. The summed E-state index contributed by atoms with van der Waals surface area (Å²) < 4.78 is 0. The van der Waals surface area contributed by atoms with Crippen LogP contribution in [0.2, 0.25) is 0 Å². The fourth-order valence-corrected chi connectivity index (χ4v) is 2.84. The third-order valence-electron chi connectivity index (χ3n) is 3.89. The van der Waals surface area contributed by atoms with Crippen LogP contribution < -0.4 is 0 Å². The lowest BCUT2D eigenvalue weighted by Crippen LogP contribution is -2.22. The summed E-state index contributed by atoms with van der Waals surface area (Å²) in [5.41, 5.74) is 3.81. The van der Waals surface area contributed by atoms with E-state index in [0.29, 0.717) is 13.1 Å². The van der Waals surface area contributed by atoms with E-state index < -0.39 is 12.2 Å². The van der Waals surface area contributed by atoms with Gasteiger partial charge in [-0.15, -0.1) is 0 Å². The minimum Gasteiger partial charge on any atom is -0.481 e. The smallest absolute Gasteiger partial charge is 0.307 e. The highest BCUT2D eigenvalue weighted by molar-refractivity contribution is 5.70. The van der Waals surface area contributed by atoms with Crippen LogP contribution in [0.5, 0.6) is 0 Å². The molecule has 2 N–H and O–H groups in total. The molecule has 2 aromatic rings. The van der Waals surface area contributed by atoms with Gasteiger partial charge in [0.2, 0.25) is 0 Å². The van der Waals surface area contributed by atoms with Gasteiger partial charge in [0.05, 0.1) is 6.42 Å². The zero-order valence-corrected chi connectivity index (χ0v) is 11.6. The van der Waals surface area contributed by atoms with Crippen LogP contribution in [0.4, 0.5) is 0 Å². The maximum Gasteiger partial charge on any atom is 0.307 e. The van der Waals surface area contributed by atoms with E-state index in [0.717, 1.165) is 22.3 Å². The summed E-state index contributed by atoms with van der Waals surface area (Å²) in [7, 11) is 0. The minimum atomic E-state index is -0.840. The number of benzene rings is 2. The number of carbonyl (C=O) groups is 1. The van der Waals surface area contributed by atoms with Gasteiger partial charge in [0.15, 0.2) is 0 Å². The number of rotatable bonds is 4. The van der Waals surface area contributed by atoms with Crippen LogP contribution >= 0.6 is 0 Å². The van der Waals surface area contributed by atoms with Gasteiger partial charge in [-0.1, -0.05) is 48.5 Å². The third kappa shape index (κ3) is 2.82. The molecule has 0 saturated carbocycles. The Labute approximate surface area is 123 Å². The number of aliphatic hydroxyl groups excluding tert-OH is 1. The van der Waals surface area contributed by atoms with Crippen molar-refractivity contribution in [2.75, 3.05) is 0 Å². The van der Waals surface area contributed by atoms with Crippen molar-refractivity contribution in [3.05, 3.63) is 70.8 Å². The predicted octanol–water partition coefficient (Wildman–Crippen LogP) is 2.32. The molecule has 0 aliphatic carbocycles. The Morgan fingerprint density at radius 2 is 1.76 bits per heavy atom. The first-order valence-electron chi connectivity index (χ1n) is 6.93. The molecule has 0 aromatic heterocycles. The molecule has 3 rings (SSSR count). The van der Waals surface area contributed by atoms with Crippen LogP contribution in [0, 0.1) is 0 Å². The number of hydrogen-bond acceptors (Lipinski definition) is 3. The van der Waals surface area contributed by atoms with Crippen molar-refractivity contribution in [3.8, 4) is 0 Å². The lowest BCUT2D eigenvalue weighted by atomic mass is 10.0. The maximum atomic E-state index is 10.9. The fourth-order valence-electron chi connectivity index (χ4n) is 2.84. The van der Waals surface area contributed by atoms with E-state index >= 15 is 0 Å². The van der Waals surface area contributed by atoms with Gasteiger partial charge in [-0.2, -0.15) is 0 Å². The average molecular weight is 283 g/mol. The highest BCUT2D eigenvalue weighted by Gasteiger charge is 2.28. The summed E-state index contributed by atoms with van der Waals surface area (Å²) >= 11 is 0. The van der Waals surface area contributed by atoms with Crippen LogP contribution in [-0.2, 0) is 24.3 Å². The van der Waals surface area contributed by atoms with Gasteiger partial charge in [-0.05, 0) is 22.3 Å². The Hall–Kier alpha value is -2.17. The summed E-state index contributed by atoms with van der Waals surface area (Å²) in [5, 5.41) is 19.4. The molecule has 1 unspecified atom stereocenters. The topological polar surface area (TPSA) is 60.8 Å². The molecule has 0 radical (unpaired) electrons. The molecule has 0 saturated heterocycles. The Kier molecular flexibility index (Phi) is 3.73. The maximum absolute atomic E-state index is 10.9. The number of nitrogens with zero attached hydrogens (tertiary/aromatic N) is 1. The van der Waals surface area contributed by atoms with Crippen LogP contribution in [0.1, 0.15) is 28.5 Å². The van der Waals surface area contributed by atoms with E-state index in [1.807, 2.05) is 53.4 Å². The van der Waals surface area contributed by atoms with Crippen molar-refractivity contribution in [3.63, 3.8) is 0 Å². The first kappa shape index (κ1) is 13.8. The largest absolute Gasteiger partial charge is 0.481 e. The average Bonchev–Trinajstić information content (AvgIpc) is 2.78. The van der Waals surface area contributed by atoms with Crippen LogP contribution in [-0.4, -0.2) is 21.1 Å². The molecule has 1 aliphatic heterocycles. The first-order chi connectivity index (χ1) is 10.1. The Bertz CT molecular complexity index is 669. The van der Waals surface area contributed by atoms with E-state index in [4.69, 9.17) is 5.11 Å². The van der Waals surface area contributed by atoms with Crippen LogP contribution in [0.3, 0.4) is 0 Å². The molecule has 0 bridgehead atoms. The Morgan fingerprint density at radius 3 is 2.48 bits per heavy atom. The summed E-state index contributed by atoms with van der Waals surface area (Å²) in [6, 6.07) is 15.3. The van der Waals surface area contributed by atoms with Gasteiger partial charge in [0.25, 0.3) is 0 Å². The molecule has 1 heterocycles. The van der Waals surface area contributed by atoms with Gasteiger partial charge in [-0.3, -0.25) is 9.69 Å². The summed E-state index contributed by atoms with van der Waals surface area (Å²) in [5.74, 6) is -0.840. The second-order valence-corrected chi connectivity index (χ2v) is 5.32. The van der Waals surface area contributed by atoms with Gasteiger partial charge < -0.3 is 10.2 Å². The van der Waals surface area contributed by atoms with Gasteiger partial charge >= 0.3 is 5.97 Å². The van der Waals surface area contributed by atoms with Crippen LogP contribution in [0.15, 0.2) is 48.5 Å². The molecular weight excluding hydrogens is 266 g/mol. The van der Waals surface area contributed by atoms with Gasteiger partial charge in [0.1, 0.15) is 6.23 Å². The Balaban J connectivity index is 1.81. The van der Waals surface area contributed by atoms with E-state index in [2.05, 4.69) is 0 Å². The summed E-state index contributed by atoms with van der Waals surface area (Å²) in [4.78, 5) is 12.9. The molecule has 0 fully saturated rings. The van der Waals surface area contributed by atoms with Gasteiger partial charge in [0, 0.05) is 13.1 Å². The SMILES string of the molecule is O=C(O)Cc1ccccc1CN1Cc2ccccc2C1O. The second kappa shape index (κ2) is 5.68. The highest BCUT2D eigenvalue weighted by atomic mass is 16.4. The number of hydrogen-bond donors (Lipinski definition) is 2. The first-order valence-corrected chi connectivity index (χ1v) is 6.93. The molecule has 4 heteroatoms. The molecule has 2 aromatic carbocycles. The molecule has 0 spiro atoms. The van der Waals surface area contributed by atoms with Crippen molar-refractivity contribution in [1.29, 1.82) is 0 Å². The molecule has 1 atom stereocenters. The molecule has 21 heavy (non-hydrogen) atoms. The van der Waals surface area contributed by atoms with E-state index in [-0.39, 0.29) is 6.42 Å². The number of aliphatic carboxylic acids is 1. The standard InChI is InChI=1S/C17H17NO3/c19-16(20)9-12-5-1-2-6-13(12)10-18-11-14-7-3-4-8-15(14)17(18)21/h1-8,17,21H,9-11H2,(H,19,20). The number of fused-ring (bicyclic) bond motifs is 1. The van der Waals surface area contributed by atoms with Crippen molar-refractivity contribution >= 4 is 5.97 Å². The molecular formula is C17H17NO3. The summed E-state index contributed by atoms with van der Waals surface area (Å²) in [6.45, 7) is 1.22. The lowest BCUT2D eigenvalue weighted by molar-refractivity contribution is -0.136. The third-order valence-corrected chi connectivity index (χ3v) is 3.89. The van der Waals surface area contributed by atoms with E-state index in [9.17, 15) is 9.90 Å². The zero-order valence-electron chi connectivity index (χ0n) is 11.6.